The SMILES string of the molecule is COC(=O)/C=C/c1ccc(SCN)cc1. The average Bonchev–Trinajstić information content (AvgIpc) is 2.28. The molecule has 4 heteroatoms. The molecule has 0 aliphatic rings. The van der Waals surface area contributed by atoms with E-state index in [1.54, 1.807) is 17.8 Å². The minimum absolute atomic E-state index is 0.351. The zero-order valence-electron chi connectivity index (χ0n) is 8.47. The summed E-state index contributed by atoms with van der Waals surface area (Å²) < 4.78 is 4.49. The van der Waals surface area contributed by atoms with Crippen LogP contribution in [0.5, 0.6) is 0 Å². The second-order valence-electron chi connectivity index (χ2n) is 2.74. The summed E-state index contributed by atoms with van der Waals surface area (Å²) in [6.07, 6.45) is 3.10. The van der Waals surface area contributed by atoms with Gasteiger partial charge < -0.3 is 10.5 Å². The molecule has 0 aliphatic heterocycles. The van der Waals surface area contributed by atoms with Crippen molar-refractivity contribution < 1.29 is 9.53 Å². The standard InChI is InChI=1S/C11H13NO2S/c1-14-11(13)7-4-9-2-5-10(6-3-9)15-8-12/h2-7H,8,12H2,1H3/b7-4+. The van der Waals surface area contributed by atoms with E-state index >= 15 is 0 Å². The summed E-state index contributed by atoms with van der Waals surface area (Å²) in [5.74, 6) is 0.215. The van der Waals surface area contributed by atoms with Gasteiger partial charge in [-0.15, -0.1) is 11.8 Å². The number of nitrogens with two attached hydrogens (primary N) is 1. The Kier molecular flexibility index (Phi) is 4.93. The molecular formula is C11H13NO2S. The molecule has 15 heavy (non-hydrogen) atoms. The molecule has 1 aromatic rings. The molecule has 80 valence electrons. The monoisotopic (exact) mass is 223 g/mol. The van der Waals surface area contributed by atoms with E-state index in [4.69, 9.17) is 5.73 Å². The van der Waals surface area contributed by atoms with Gasteiger partial charge in [0.25, 0.3) is 0 Å². The van der Waals surface area contributed by atoms with Crippen LogP contribution in [0.15, 0.2) is 35.2 Å². The largest absolute Gasteiger partial charge is 0.466 e. The molecule has 3 nitrogen and oxygen atoms in total. The van der Waals surface area contributed by atoms with Gasteiger partial charge in [0.15, 0.2) is 0 Å². The number of hydrogen-bond donors (Lipinski definition) is 1. The van der Waals surface area contributed by atoms with Crippen molar-refractivity contribution >= 4 is 23.8 Å². The maximum Gasteiger partial charge on any atom is 0.330 e. The first-order valence-corrected chi connectivity index (χ1v) is 5.44. The van der Waals surface area contributed by atoms with Gasteiger partial charge in [-0.3, -0.25) is 0 Å². The van der Waals surface area contributed by atoms with Gasteiger partial charge in [-0.25, -0.2) is 4.79 Å². The van der Waals surface area contributed by atoms with Crippen molar-refractivity contribution in [2.75, 3.05) is 13.0 Å². The quantitative estimate of drug-likeness (QED) is 0.366. The first-order valence-electron chi connectivity index (χ1n) is 4.45. The molecule has 0 radical (unpaired) electrons. The second kappa shape index (κ2) is 6.27. The Morgan fingerprint density at radius 3 is 2.67 bits per heavy atom. The number of ether oxygens (including phenoxy) is 1. The molecule has 0 saturated heterocycles. The molecule has 1 rings (SSSR count). The van der Waals surface area contributed by atoms with E-state index in [1.165, 1.54) is 13.2 Å². The van der Waals surface area contributed by atoms with Crippen molar-refractivity contribution in [3.8, 4) is 0 Å². The highest BCUT2D eigenvalue weighted by molar-refractivity contribution is 7.99. The number of carbonyl (C=O) groups excluding carboxylic acids is 1. The third-order valence-corrected chi connectivity index (χ3v) is 2.52. The van der Waals surface area contributed by atoms with E-state index in [2.05, 4.69) is 4.74 Å². The van der Waals surface area contributed by atoms with Gasteiger partial charge in [0.05, 0.1) is 7.11 Å². The molecule has 0 aromatic heterocycles. The maximum atomic E-state index is 10.8. The summed E-state index contributed by atoms with van der Waals surface area (Å²) >= 11 is 1.57. The van der Waals surface area contributed by atoms with Crippen LogP contribution in [-0.4, -0.2) is 19.0 Å². The highest BCUT2D eigenvalue weighted by atomic mass is 32.2. The Balaban J connectivity index is 2.64. The van der Waals surface area contributed by atoms with Crippen molar-refractivity contribution in [2.24, 2.45) is 5.73 Å². The summed E-state index contributed by atoms with van der Waals surface area (Å²) in [7, 11) is 1.35. The maximum absolute atomic E-state index is 10.8. The van der Waals surface area contributed by atoms with Gasteiger partial charge >= 0.3 is 5.97 Å². The number of rotatable bonds is 4. The lowest BCUT2D eigenvalue weighted by Gasteiger charge is -1.98. The number of esters is 1. The molecule has 2 N–H and O–H groups in total. The molecule has 0 aliphatic carbocycles. The molecule has 0 unspecified atom stereocenters. The third-order valence-electron chi connectivity index (χ3n) is 1.74. The predicted molar refractivity (Wildman–Crippen MR) is 62.4 cm³/mol. The van der Waals surface area contributed by atoms with Crippen LogP contribution in [0.1, 0.15) is 5.56 Å². The first-order chi connectivity index (χ1) is 7.26. The molecule has 0 atom stereocenters. The number of hydrogen-bond acceptors (Lipinski definition) is 4. The van der Waals surface area contributed by atoms with Crippen LogP contribution in [-0.2, 0) is 9.53 Å². The van der Waals surface area contributed by atoms with Crippen molar-refractivity contribution in [2.45, 2.75) is 4.90 Å². The van der Waals surface area contributed by atoms with Crippen molar-refractivity contribution in [1.29, 1.82) is 0 Å². The van der Waals surface area contributed by atoms with Gasteiger partial charge in [0.1, 0.15) is 0 Å². The fourth-order valence-corrected chi connectivity index (χ4v) is 1.52. The van der Waals surface area contributed by atoms with E-state index in [0.29, 0.717) is 5.88 Å². The number of methoxy groups -OCH3 is 1. The zero-order chi connectivity index (χ0) is 11.1. The van der Waals surface area contributed by atoms with E-state index in [1.807, 2.05) is 24.3 Å². The zero-order valence-corrected chi connectivity index (χ0v) is 9.29. The molecule has 0 heterocycles. The lowest BCUT2D eigenvalue weighted by Crippen LogP contribution is -1.93. The van der Waals surface area contributed by atoms with Gasteiger partial charge in [-0.2, -0.15) is 0 Å². The Labute approximate surface area is 93.3 Å². The second-order valence-corrected chi connectivity index (χ2v) is 3.83. The Hall–Kier alpha value is -1.26. The lowest BCUT2D eigenvalue weighted by molar-refractivity contribution is -0.134. The Bertz CT molecular complexity index is 346. The molecule has 0 amide bonds. The first kappa shape index (κ1) is 11.8. The lowest BCUT2D eigenvalue weighted by atomic mass is 10.2. The van der Waals surface area contributed by atoms with E-state index in [0.717, 1.165) is 10.5 Å². The van der Waals surface area contributed by atoms with Crippen molar-refractivity contribution in [1.82, 2.24) is 0 Å². The minimum Gasteiger partial charge on any atom is -0.466 e. The fraction of sp³-hybridized carbons (Fsp3) is 0.182. The smallest absolute Gasteiger partial charge is 0.330 e. The summed E-state index contributed by atoms with van der Waals surface area (Å²) in [5, 5.41) is 0. The number of thioether (sulfide) groups is 1. The Morgan fingerprint density at radius 1 is 1.47 bits per heavy atom. The van der Waals surface area contributed by atoms with Gasteiger partial charge in [0, 0.05) is 16.8 Å². The van der Waals surface area contributed by atoms with E-state index in [9.17, 15) is 4.79 Å². The third kappa shape index (κ3) is 4.18. The predicted octanol–water partition coefficient (Wildman–Crippen LogP) is 1.88. The average molecular weight is 223 g/mol. The van der Waals surface area contributed by atoms with Crippen LogP contribution in [0.4, 0.5) is 0 Å². The summed E-state index contributed by atoms with van der Waals surface area (Å²) in [6.45, 7) is 0. The topological polar surface area (TPSA) is 52.3 Å². The highest BCUT2D eigenvalue weighted by Gasteiger charge is 1.93. The van der Waals surface area contributed by atoms with Gasteiger partial charge in [-0.05, 0) is 23.8 Å². The van der Waals surface area contributed by atoms with Crippen LogP contribution in [0.25, 0.3) is 6.08 Å². The Morgan fingerprint density at radius 2 is 2.13 bits per heavy atom. The summed E-state index contributed by atoms with van der Waals surface area (Å²) in [5.41, 5.74) is 6.36. The molecular weight excluding hydrogens is 210 g/mol. The molecule has 0 saturated carbocycles. The van der Waals surface area contributed by atoms with Gasteiger partial charge in [0.2, 0.25) is 0 Å². The molecule has 0 bridgehead atoms. The van der Waals surface area contributed by atoms with Crippen LogP contribution >= 0.6 is 11.8 Å². The number of carbonyl (C=O) groups is 1. The molecule has 1 aromatic carbocycles. The van der Waals surface area contributed by atoms with E-state index in [-0.39, 0.29) is 5.97 Å². The number of benzene rings is 1. The van der Waals surface area contributed by atoms with Crippen LogP contribution < -0.4 is 5.73 Å². The normalized spacial score (nSPS) is 10.5. The summed E-state index contributed by atoms with van der Waals surface area (Å²) in [4.78, 5) is 11.9. The molecule has 0 spiro atoms. The minimum atomic E-state index is -0.351. The molecule has 0 fully saturated rings. The van der Waals surface area contributed by atoms with Crippen molar-refractivity contribution in [3.63, 3.8) is 0 Å². The highest BCUT2D eigenvalue weighted by Crippen LogP contribution is 2.16. The summed E-state index contributed by atoms with van der Waals surface area (Å²) in [6, 6.07) is 7.79. The van der Waals surface area contributed by atoms with Crippen LogP contribution in [0.2, 0.25) is 0 Å². The van der Waals surface area contributed by atoms with E-state index < -0.39 is 0 Å². The fourth-order valence-electron chi connectivity index (χ4n) is 1.00. The van der Waals surface area contributed by atoms with Crippen LogP contribution in [0.3, 0.4) is 0 Å². The van der Waals surface area contributed by atoms with Gasteiger partial charge in [-0.1, -0.05) is 12.1 Å². The van der Waals surface area contributed by atoms with Crippen LogP contribution in [0, 0.1) is 0 Å². The van der Waals surface area contributed by atoms with Crippen molar-refractivity contribution in [3.05, 3.63) is 35.9 Å².